The summed E-state index contributed by atoms with van der Waals surface area (Å²) in [6.07, 6.45) is 4.81. The summed E-state index contributed by atoms with van der Waals surface area (Å²) < 4.78 is 24.4. The van der Waals surface area contributed by atoms with Crippen LogP contribution in [0.15, 0.2) is 23.0 Å². The highest BCUT2D eigenvalue weighted by atomic mass is 16.7. The lowest BCUT2D eigenvalue weighted by Gasteiger charge is -2.60. The fraction of sp³-hybridized carbons (Fsp3) is 0.680. The fourth-order valence-corrected chi connectivity index (χ4v) is 6.42. The van der Waals surface area contributed by atoms with E-state index < -0.39 is 23.1 Å². The number of ketones is 1. The average molecular weight is 479 g/mol. The number of methoxy groups -OCH3 is 2. The molecule has 1 unspecified atom stereocenters. The Balaban J connectivity index is 0.000000406. The third-order valence-corrected chi connectivity index (χ3v) is 7.88. The Hall–Kier alpha value is -2.84. The molecule has 3 fully saturated rings. The van der Waals surface area contributed by atoms with Gasteiger partial charge < -0.3 is 23.4 Å². The third kappa shape index (κ3) is 4.57. The Morgan fingerprint density at radius 2 is 1.85 bits per heavy atom. The number of hydrogen-bond acceptors (Lipinski definition) is 9. The second-order valence-corrected chi connectivity index (χ2v) is 9.69. The number of rotatable bonds is 3. The zero-order chi connectivity index (χ0) is 25.1. The third-order valence-electron chi connectivity index (χ3n) is 7.88. The van der Waals surface area contributed by atoms with Crippen molar-refractivity contribution in [2.75, 3.05) is 20.8 Å². The number of Topliss-reactive ketones (excluding diaryl/α,β-unsaturated/α-hetero) is 1. The number of hydrogen-bond donors (Lipinski definition) is 0. The molecule has 9 nitrogen and oxygen atoms in total. The average Bonchev–Trinajstić information content (AvgIpc) is 3.33. The molecule has 1 saturated heterocycles. The normalized spacial score (nSPS) is 34.4. The Kier molecular flexibility index (Phi) is 7.73. The van der Waals surface area contributed by atoms with Crippen LogP contribution in [0.2, 0.25) is 0 Å². The SMILES string of the molecule is CCOC(=O)OC.COC(=O)[C@@H]1CCC(=O)C2[C@@]1(C)CC[C@H]1C(=O)O[C@H](c3ccoc3)C[C@]21C. The lowest BCUT2D eigenvalue weighted by atomic mass is 9.43. The Labute approximate surface area is 199 Å². The lowest BCUT2D eigenvalue weighted by molar-refractivity contribution is -0.202. The molecule has 1 aliphatic heterocycles. The second-order valence-electron chi connectivity index (χ2n) is 9.69. The van der Waals surface area contributed by atoms with Gasteiger partial charge in [0.05, 0.1) is 45.2 Å². The number of carbonyl (C=O) groups excluding carboxylic acids is 4. The first kappa shape index (κ1) is 25.8. The fourth-order valence-electron chi connectivity index (χ4n) is 6.42. The molecule has 3 aliphatic rings. The topological polar surface area (TPSA) is 118 Å². The minimum atomic E-state index is -0.623. The van der Waals surface area contributed by atoms with E-state index in [4.69, 9.17) is 13.9 Å². The number of ether oxygens (including phenoxy) is 4. The molecule has 34 heavy (non-hydrogen) atoms. The first-order valence-electron chi connectivity index (χ1n) is 11.7. The van der Waals surface area contributed by atoms with Gasteiger partial charge in [-0.15, -0.1) is 0 Å². The molecule has 0 radical (unpaired) electrons. The van der Waals surface area contributed by atoms with E-state index >= 15 is 0 Å². The van der Waals surface area contributed by atoms with Crippen molar-refractivity contribution >= 4 is 23.9 Å². The van der Waals surface area contributed by atoms with Gasteiger partial charge in [0.1, 0.15) is 11.9 Å². The Morgan fingerprint density at radius 1 is 1.12 bits per heavy atom. The monoisotopic (exact) mass is 478 g/mol. The molecular formula is C25H34O9. The van der Waals surface area contributed by atoms with Gasteiger partial charge in [-0.05, 0) is 49.5 Å². The van der Waals surface area contributed by atoms with E-state index in [1.807, 2.05) is 13.8 Å². The second kappa shape index (κ2) is 10.2. The lowest BCUT2D eigenvalue weighted by Crippen LogP contribution is -2.61. The minimum Gasteiger partial charge on any atom is -0.472 e. The van der Waals surface area contributed by atoms with Gasteiger partial charge in [0.25, 0.3) is 0 Å². The van der Waals surface area contributed by atoms with E-state index in [-0.39, 0.29) is 35.5 Å². The van der Waals surface area contributed by atoms with Crippen molar-refractivity contribution in [3.05, 3.63) is 24.2 Å². The number of esters is 2. The summed E-state index contributed by atoms with van der Waals surface area (Å²) in [6, 6.07) is 1.80. The van der Waals surface area contributed by atoms with Gasteiger partial charge in [0.15, 0.2) is 0 Å². The predicted molar refractivity (Wildman–Crippen MR) is 118 cm³/mol. The van der Waals surface area contributed by atoms with Crippen LogP contribution in [0.4, 0.5) is 4.79 Å². The van der Waals surface area contributed by atoms with Crippen molar-refractivity contribution in [1.82, 2.24) is 0 Å². The standard InChI is InChI=1S/C21H26O6.C4H8O3/c1-20-8-6-14-19(24)27-16(12-7-9-26-11-12)10-21(14,2)17(20)15(22)5-4-13(20)18(23)25-3;1-3-7-4(5)6-2/h7,9,11,13-14,16-17H,4-6,8,10H2,1-3H3;3H2,1-2H3/t13-,14-,16-,17?,20-,21-;/m0./s1. The number of cyclic esters (lactones) is 1. The molecule has 0 aromatic carbocycles. The van der Waals surface area contributed by atoms with Gasteiger partial charge in [0, 0.05) is 17.9 Å². The van der Waals surface area contributed by atoms with E-state index in [0.29, 0.717) is 38.7 Å². The molecule has 9 heteroatoms. The molecule has 2 saturated carbocycles. The number of carbonyl (C=O) groups is 4. The smallest absolute Gasteiger partial charge is 0.472 e. The summed E-state index contributed by atoms with van der Waals surface area (Å²) in [7, 11) is 2.68. The summed E-state index contributed by atoms with van der Waals surface area (Å²) in [5.41, 5.74) is -0.233. The van der Waals surface area contributed by atoms with Gasteiger partial charge in [-0.25, -0.2) is 4.79 Å². The number of furan rings is 1. The van der Waals surface area contributed by atoms with E-state index in [9.17, 15) is 19.2 Å². The zero-order valence-electron chi connectivity index (χ0n) is 20.5. The van der Waals surface area contributed by atoms with Crippen LogP contribution < -0.4 is 0 Å². The van der Waals surface area contributed by atoms with Crippen LogP contribution in [0.5, 0.6) is 0 Å². The highest BCUT2D eigenvalue weighted by Gasteiger charge is 2.65. The van der Waals surface area contributed by atoms with Gasteiger partial charge in [0.2, 0.25) is 0 Å². The van der Waals surface area contributed by atoms with Crippen molar-refractivity contribution in [3.63, 3.8) is 0 Å². The molecule has 188 valence electrons. The molecule has 6 atom stereocenters. The van der Waals surface area contributed by atoms with Crippen LogP contribution in [-0.2, 0) is 33.3 Å². The van der Waals surface area contributed by atoms with E-state index in [1.54, 1.807) is 25.5 Å². The largest absolute Gasteiger partial charge is 0.507 e. The molecule has 1 aromatic heterocycles. The van der Waals surface area contributed by atoms with E-state index in [1.165, 1.54) is 14.2 Å². The summed E-state index contributed by atoms with van der Waals surface area (Å²) in [5, 5.41) is 0. The molecule has 4 rings (SSSR count). The highest BCUT2D eigenvalue weighted by Crippen LogP contribution is 2.64. The van der Waals surface area contributed by atoms with Crippen molar-refractivity contribution in [2.24, 2.45) is 28.6 Å². The molecular weight excluding hydrogens is 444 g/mol. The van der Waals surface area contributed by atoms with Crippen LogP contribution in [0.25, 0.3) is 0 Å². The molecule has 2 aliphatic carbocycles. The van der Waals surface area contributed by atoms with E-state index in [0.717, 1.165) is 5.56 Å². The summed E-state index contributed by atoms with van der Waals surface area (Å²) in [5.74, 6) is -1.33. The highest BCUT2D eigenvalue weighted by molar-refractivity contribution is 5.88. The maximum Gasteiger partial charge on any atom is 0.507 e. The maximum absolute atomic E-state index is 13.1. The van der Waals surface area contributed by atoms with Crippen molar-refractivity contribution in [3.8, 4) is 0 Å². The quantitative estimate of drug-likeness (QED) is 0.464. The molecule has 0 amide bonds. The van der Waals surface area contributed by atoms with Crippen molar-refractivity contribution in [1.29, 1.82) is 0 Å². The Bertz CT molecular complexity index is 907. The number of fused-ring (bicyclic) bond motifs is 3. The first-order chi connectivity index (χ1) is 16.1. The van der Waals surface area contributed by atoms with Gasteiger partial charge >= 0.3 is 18.1 Å². The Morgan fingerprint density at radius 3 is 2.41 bits per heavy atom. The summed E-state index contributed by atoms with van der Waals surface area (Å²) in [6.45, 7) is 6.15. The molecule has 0 N–H and O–H groups in total. The van der Waals surface area contributed by atoms with Crippen molar-refractivity contribution < 1.29 is 42.5 Å². The summed E-state index contributed by atoms with van der Waals surface area (Å²) >= 11 is 0. The zero-order valence-corrected chi connectivity index (χ0v) is 20.5. The van der Waals surface area contributed by atoms with Gasteiger partial charge in [-0.1, -0.05) is 13.8 Å². The maximum atomic E-state index is 13.1. The van der Waals surface area contributed by atoms with Gasteiger partial charge in [-0.2, -0.15) is 0 Å². The minimum absolute atomic E-state index is 0.158. The van der Waals surface area contributed by atoms with E-state index in [2.05, 4.69) is 9.47 Å². The molecule has 0 bridgehead atoms. The van der Waals surface area contributed by atoms with Crippen molar-refractivity contribution in [2.45, 2.75) is 59.0 Å². The van der Waals surface area contributed by atoms with Gasteiger partial charge in [-0.3, -0.25) is 14.4 Å². The predicted octanol–water partition coefficient (Wildman–Crippen LogP) is 4.25. The van der Waals surface area contributed by atoms with Crippen LogP contribution in [-0.4, -0.2) is 44.7 Å². The van der Waals surface area contributed by atoms with Crippen LogP contribution in [0, 0.1) is 28.6 Å². The van der Waals surface area contributed by atoms with Crippen LogP contribution >= 0.6 is 0 Å². The van der Waals surface area contributed by atoms with Crippen LogP contribution in [0.3, 0.4) is 0 Å². The molecule has 2 heterocycles. The first-order valence-corrected chi connectivity index (χ1v) is 11.7. The van der Waals surface area contributed by atoms with Crippen LogP contribution in [0.1, 0.15) is 64.5 Å². The molecule has 1 aromatic rings. The summed E-state index contributed by atoms with van der Waals surface area (Å²) in [4.78, 5) is 48.4. The molecule has 0 spiro atoms.